The number of halogens is 1. The second kappa shape index (κ2) is 9.23. The van der Waals surface area contributed by atoms with Gasteiger partial charge in [-0.05, 0) is 54.4 Å². The highest BCUT2D eigenvalue weighted by Crippen LogP contribution is 2.18. The van der Waals surface area contributed by atoms with Crippen molar-refractivity contribution in [3.63, 3.8) is 0 Å². The number of carbonyl (C=O) groups is 1. The molecule has 0 aliphatic carbocycles. The number of hydrogen-bond donors (Lipinski definition) is 0. The van der Waals surface area contributed by atoms with Gasteiger partial charge in [0.25, 0.3) is 0 Å². The van der Waals surface area contributed by atoms with Crippen LogP contribution < -0.4 is 0 Å². The Balaban J connectivity index is 1.74. The first-order chi connectivity index (χ1) is 11.1. The molecule has 23 heavy (non-hydrogen) atoms. The van der Waals surface area contributed by atoms with Gasteiger partial charge in [-0.15, -0.1) is 0 Å². The monoisotopic (exact) mass is 383 g/mol. The minimum atomic E-state index is -0.158. The van der Waals surface area contributed by atoms with Crippen molar-refractivity contribution >= 4 is 22.0 Å². The number of ether oxygens (including phenoxy) is 1. The molecule has 2 rings (SSSR count). The molecule has 0 radical (unpaired) electrons. The summed E-state index contributed by atoms with van der Waals surface area (Å²) in [6.07, 6.45) is 5.62. The van der Waals surface area contributed by atoms with E-state index in [0.717, 1.165) is 55.5 Å². The predicted octanol–water partition coefficient (Wildman–Crippen LogP) is 3.68. The van der Waals surface area contributed by atoms with Gasteiger partial charge in [-0.3, -0.25) is 9.88 Å². The third-order valence-electron chi connectivity index (χ3n) is 4.27. The summed E-state index contributed by atoms with van der Waals surface area (Å²) >= 11 is 3.41. The average molecular weight is 384 g/mol. The van der Waals surface area contributed by atoms with Crippen LogP contribution in [0.4, 0.5) is 4.79 Å². The highest BCUT2D eigenvalue weighted by Gasteiger charge is 2.26. The van der Waals surface area contributed by atoms with Crippen LogP contribution in [0.3, 0.4) is 0 Å². The van der Waals surface area contributed by atoms with Crippen molar-refractivity contribution in [2.24, 2.45) is 0 Å². The lowest BCUT2D eigenvalue weighted by Crippen LogP contribution is -2.45. The Bertz CT molecular complexity index is 487. The van der Waals surface area contributed by atoms with Gasteiger partial charge in [0.15, 0.2) is 0 Å². The lowest BCUT2D eigenvalue weighted by atomic mass is 10.0. The van der Waals surface area contributed by atoms with Crippen molar-refractivity contribution < 1.29 is 9.53 Å². The number of amides is 1. The number of nitrogens with zero attached hydrogens (tertiary/aromatic N) is 3. The molecule has 0 bridgehead atoms. The number of unbranched alkanes of at least 4 members (excludes halogenated alkanes) is 1. The smallest absolute Gasteiger partial charge is 0.409 e. The molecule has 1 aliphatic rings. The molecule has 0 unspecified atom stereocenters. The first kappa shape index (κ1) is 18.2. The van der Waals surface area contributed by atoms with E-state index < -0.39 is 0 Å². The quantitative estimate of drug-likeness (QED) is 0.702. The van der Waals surface area contributed by atoms with Crippen molar-refractivity contribution in [2.45, 2.75) is 45.2 Å². The molecule has 0 N–H and O–H groups in total. The average Bonchev–Trinajstić information content (AvgIpc) is 2.57. The van der Waals surface area contributed by atoms with Gasteiger partial charge >= 0.3 is 6.09 Å². The Morgan fingerprint density at radius 3 is 2.78 bits per heavy atom. The number of pyridine rings is 1. The molecule has 6 heteroatoms. The lowest BCUT2D eigenvalue weighted by Gasteiger charge is -2.36. The molecule has 1 aliphatic heterocycles. The van der Waals surface area contributed by atoms with Crippen LogP contribution in [-0.2, 0) is 11.3 Å². The van der Waals surface area contributed by atoms with Gasteiger partial charge in [-0.1, -0.05) is 13.3 Å². The Hall–Kier alpha value is -1.14. The second-order valence-electron chi connectivity index (χ2n) is 6.07. The van der Waals surface area contributed by atoms with Crippen molar-refractivity contribution in [1.82, 2.24) is 14.8 Å². The van der Waals surface area contributed by atoms with Crippen LogP contribution in [0.15, 0.2) is 22.8 Å². The van der Waals surface area contributed by atoms with E-state index in [4.69, 9.17) is 4.74 Å². The summed E-state index contributed by atoms with van der Waals surface area (Å²) in [6.45, 7) is 5.00. The van der Waals surface area contributed by atoms with Gasteiger partial charge in [-0.25, -0.2) is 4.79 Å². The molecule has 1 aromatic heterocycles. The molecular weight excluding hydrogens is 358 g/mol. The van der Waals surface area contributed by atoms with Gasteiger partial charge in [0.05, 0.1) is 12.3 Å². The van der Waals surface area contributed by atoms with Crippen molar-refractivity contribution in [3.8, 4) is 0 Å². The van der Waals surface area contributed by atoms with Crippen LogP contribution in [-0.4, -0.2) is 53.7 Å². The standard InChI is InChI=1S/C17H26BrN3O2/c1-3-4-11-23-17(22)21-9-7-16(8-10-21)20(2)13-15-6-5-14(18)12-19-15/h5-6,12,16H,3-4,7-11,13H2,1-2H3. The Kier molecular flexibility index (Phi) is 7.30. The lowest BCUT2D eigenvalue weighted by molar-refractivity contribution is 0.0752. The first-order valence-corrected chi connectivity index (χ1v) is 9.11. The van der Waals surface area contributed by atoms with E-state index >= 15 is 0 Å². The zero-order valence-corrected chi connectivity index (χ0v) is 15.6. The Labute approximate surface area is 147 Å². The van der Waals surface area contributed by atoms with E-state index in [1.54, 1.807) is 0 Å². The molecule has 2 heterocycles. The molecular formula is C17H26BrN3O2. The zero-order chi connectivity index (χ0) is 16.7. The van der Waals surface area contributed by atoms with E-state index in [-0.39, 0.29) is 6.09 Å². The molecule has 1 fully saturated rings. The SMILES string of the molecule is CCCCOC(=O)N1CCC(N(C)Cc2ccc(Br)cn2)CC1. The highest BCUT2D eigenvalue weighted by molar-refractivity contribution is 9.10. The maximum absolute atomic E-state index is 11.9. The minimum Gasteiger partial charge on any atom is -0.449 e. The summed E-state index contributed by atoms with van der Waals surface area (Å²) in [5.41, 5.74) is 1.07. The third-order valence-corrected chi connectivity index (χ3v) is 4.74. The zero-order valence-electron chi connectivity index (χ0n) is 14.0. The Morgan fingerprint density at radius 1 is 1.43 bits per heavy atom. The number of piperidine rings is 1. The summed E-state index contributed by atoms with van der Waals surface area (Å²) in [5, 5.41) is 0. The van der Waals surface area contributed by atoms with E-state index in [1.807, 2.05) is 23.2 Å². The van der Waals surface area contributed by atoms with Gasteiger partial charge < -0.3 is 9.64 Å². The van der Waals surface area contributed by atoms with Gasteiger partial charge in [-0.2, -0.15) is 0 Å². The maximum atomic E-state index is 11.9. The number of likely N-dealkylation sites (tertiary alicyclic amines) is 1. The maximum Gasteiger partial charge on any atom is 0.409 e. The largest absolute Gasteiger partial charge is 0.449 e. The van der Waals surface area contributed by atoms with Crippen LogP contribution in [0.5, 0.6) is 0 Å². The van der Waals surface area contributed by atoms with Crippen LogP contribution in [0.25, 0.3) is 0 Å². The highest BCUT2D eigenvalue weighted by atomic mass is 79.9. The fraction of sp³-hybridized carbons (Fsp3) is 0.647. The molecule has 0 atom stereocenters. The molecule has 1 amide bonds. The summed E-state index contributed by atoms with van der Waals surface area (Å²) in [6, 6.07) is 4.55. The number of hydrogen-bond acceptors (Lipinski definition) is 4. The minimum absolute atomic E-state index is 0.158. The number of aromatic nitrogens is 1. The normalized spacial score (nSPS) is 15.9. The molecule has 128 valence electrons. The van der Waals surface area contributed by atoms with Crippen LogP contribution in [0.1, 0.15) is 38.3 Å². The van der Waals surface area contributed by atoms with Crippen molar-refractivity contribution in [1.29, 1.82) is 0 Å². The van der Waals surface area contributed by atoms with Crippen molar-refractivity contribution in [2.75, 3.05) is 26.7 Å². The summed E-state index contributed by atoms with van der Waals surface area (Å²) in [7, 11) is 2.13. The predicted molar refractivity (Wildman–Crippen MR) is 94.3 cm³/mol. The number of rotatable bonds is 6. The fourth-order valence-corrected chi connectivity index (χ4v) is 3.00. The van der Waals surface area contributed by atoms with Crippen LogP contribution in [0.2, 0.25) is 0 Å². The molecule has 1 saturated heterocycles. The second-order valence-corrected chi connectivity index (χ2v) is 6.98. The van der Waals surface area contributed by atoms with Gasteiger partial charge in [0.1, 0.15) is 0 Å². The number of carbonyl (C=O) groups excluding carboxylic acids is 1. The van der Waals surface area contributed by atoms with E-state index in [0.29, 0.717) is 12.6 Å². The third kappa shape index (κ3) is 5.77. The fourth-order valence-electron chi connectivity index (χ4n) is 2.77. The molecule has 5 nitrogen and oxygen atoms in total. The first-order valence-electron chi connectivity index (χ1n) is 8.32. The summed E-state index contributed by atoms with van der Waals surface area (Å²) < 4.78 is 6.28. The molecule has 0 saturated carbocycles. The van der Waals surface area contributed by atoms with E-state index in [2.05, 4.69) is 39.8 Å². The van der Waals surface area contributed by atoms with Crippen LogP contribution in [0, 0.1) is 0 Å². The van der Waals surface area contributed by atoms with Gasteiger partial charge in [0, 0.05) is 36.3 Å². The van der Waals surface area contributed by atoms with E-state index in [9.17, 15) is 4.79 Å². The summed E-state index contributed by atoms with van der Waals surface area (Å²) in [4.78, 5) is 20.5. The Morgan fingerprint density at radius 2 is 2.17 bits per heavy atom. The van der Waals surface area contributed by atoms with Crippen LogP contribution >= 0.6 is 15.9 Å². The molecule has 0 spiro atoms. The topological polar surface area (TPSA) is 45.7 Å². The van der Waals surface area contributed by atoms with Gasteiger partial charge in [0.2, 0.25) is 0 Å². The van der Waals surface area contributed by atoms with E-state index in [1.165, 1.54) is 0 Å². The molecule has 1 aromatic rings. The summed E-state index contributed by atoms with van der Waals surface area (Å²) in [5.74, 6) is 0. The van der Waals surface area contributed by atoms with Crippen molar-refractivity contribution in [3.05, 3.63) is 28.5 Å². The molecule has 0 aromatic carbocycles.